The number of alkyl carbamates (subject to hydrolysis) is 1. The molecule has 2 unspecified atom stereocenters. The Bertz CT molecular complexity index is 1040. The maximum atomic E-state index is 13.8. The number of nitriles is 1. The summed E-state index contributed by atoms with van der Waals surface area (Å²) in [6.45, 7) is 8.19. The molecule has 12 heteroatoms. The molecule has 0 saturated carbocycles. The highest BCUT2D eigenvalue weighted by atomic mass is 16.6. The fourth-order valence-corrected chi connectivity index (χ4v) is 3.59. The van der Waals surface area contributed by atoms with Gasteiger partial charge in [-0.3, -0.25) is 19.2 Å². The first-order valence-electron chi connectivity index (χ1n) is 12.8. The minimum atomic E-state index is -1.31. The van der Waals surface area contributed by atoms with Gasteiger partial charge in [0.25, 0.3) is 0 Å². The number of rotatable bonds is 14. The Balaban J connectivity index is 3.40. The van der Waals surface area contributed by atoms with Crippen LogP contribution in [0.2, 0.25) is 0 Å². The fourth-order valence-electron chi connectivity index (χ4n) is 3.59. The standard InChI is InChI=1S/C27H39N5O7/c1-6-18-8-10-19(11-9-18)23(24(35)30-16-14-22(34)38-7-2)32(17-15-28)25(36)20(12-13-21(29)33)31-26(37)39-27(3,4)5/h8-11,20,23H,6-7,12-14,16-17H2,1-5H3,(H2,29,33)(H,30,35)(H,31,37). The lowest BCUT2D eigenvalue weighted by molar-refractivity contribution is -0.144. The number of hydrogen-bond acceptors (Lipinski definition) is 8. The number of nitrogens with one attached hydrogen (secondary N) is 2. The smallest absolute Gasteiger partial charge is 0.408 e. The molecular weight excluding hydrogens is 506 g/mol. The summed E-state index contributed by atoms with van der Waals surface area (Å²) in [5.74, 6) is -2.62. The van der Waals surface area contributed by atoms with Crippen LogP contribution >= 0.6 is 0 Å². The van der Waals surface area contributed by atoms with Crippen LogP contribution < -0.4 is 16.4 Å². The SMILES string of the molecule is CCOC(=O)CCNC(=O)C(c1ccc(CC)cc1)N(CC#N)C(=O)C(CCC(N)=O)NC(=O)OC(C)(C)C. The number of ether oxygens (including phenoxy) is 2. The molecule has 4 amide bonds. The van der Waals surface area contributed by atoms with Crippen molar-refractivity contribution < 1.29 is 33.4 Å². The lowest BCUT2D eigenvalue weighted by atomic mass is 9.99. The topological polar surface area (TPSA) is 181 Å². The van der Waals surface area contributed by atoms with Crippen LogP contribution in [0.3, 0.4) is 0 Å². The predicted molar refractivity (Wildman–Crippen MR) is 142 cm³/mol. The molecule has 0 aliphatic heterocycles. The third kappa shape index (κ3) is 11.8. The van der Waals surface area contributed by atoms with Crippen molar-refractivity contribution >= 4 is 29.8 Å². The summed E-state index contributed by atoms with van der Waals surface area (Å²) < 4.78 is 10.1. The van der Waals surface area contributed by atoms with Gasteiger partial charge in [0, 0.05) is 13.0 Å². The van der Waals surface area contributed by atoms with Crippen molar-refractivity contribution in [1.82, 2.24) is 15.5 Å². The molecular formula is C27H39N5O7. The first kappa shape index (κ1) is 32.9. The fraction of sp³-hybridized carbons (Fsp3) is 0.556. The maximum absolute atomic E-state index is 13.8. The summed E-state index contributed by atoms with van der Waals surface area (Å²) in [5.41, 5.74) is 5.81. The first-order chi connectivity index (χ1) is 18.3. The molecule has 214 valence electrons. The van der Waals surface area contributed by atoms with Gasteiger partial charge in [-0.2, -0.15) is 5.26 Å². The van der Waals surface area contributed by atoms with Crippen molar-refractivity contribution in [3.05, 3.63) is 35.4 Å². The molecule has 0 aromatic heterocycles. The van der Waals surface area contributed by atoms with E-state index in [2.05, 4.69) is 10.6 Å². The van der Waals surface area contributed by atoms with E-state index in [-0.39, 0.29) is 32.4 Å². The second kappa shape index (κ2) is 16.0. The van der Waals surface area contributed by atoms with E-state index in [1.54, 1.807) is 52.0 Å². The van der Waals surface area contributed by atoms with E-state index < -0.39 is 54.0 Å². The van der Waals surface area contributed by atoms with Gasteiger partial charge < -0.3 is 30.7 Å². The highest BCUT2D eigenvalue weighted by molar-refractivity contribution is 5.92. The summed E-state index contributed by atoms with van der Waals surface area (Å²) >= 11 is 0. The van der Waals surface area contributed by atoms with Crippen molar-refractivity contribution in [1.29, 1.82) is 5.26 Å². The van der Waals surface area contributed by atoms with E-state index in [1.807, 2.05) is 13.0 Å². The molecule has 0 fully saturated rings. The van der Waals surface area contributed by atoms with E-state index in [4.69, 9.17) is 15.2 Å². The number of nitrogens with zero attached hydrogens (tertiary/aromatic N) is 2. The molecule has 1 rings (SSSR count). The summed E-state index contributed by atoms with van der Waals surface area (Å²) in [6, 6.07) is 6.25. The van der Waals surface area contributed by atoms with E-state index in [0.29, 0.717) is 5.56 Å². The molecule has 2 atom stereocenters. The molecule has 0 spiro atoms. The number of nitrogens with two attached hydrogens (primary N) is 1. The molecule has 0 aliphatic rings. The third-order valence-corrected chi connectivity index (χ3v) is 5.39. The minimum Gasteiger partial charge on any atom is -0.466 e. The summed E-state index contributed by atoms with van der Waals surface area (Å²) in [6.07, 6.45) is -0.679. The normalized spacial score (nSPS) is 12.3. The highest BCUT2D eigenvalue weighted by Gasteiger charge is 2.36. The Kier molecular flexibility index (Phi) is 13.5. The molecule has 39 heavy (non-hydrogen) atoms. The van der Waals surface area contributed by atoms with Gasteiger partial charge in [0.1, 0.15) is 24.2 Å². The molecule has 4 N–H and O–H groups in total. The number of amides is 4. The lowest BCUT2D eigenvalue weighted by Crippen LogP contribution is -2.53. The Labute approximate surface area is 229 Å². The number of aryl methyl sites for hydroxylation is 1. The van der Waals surface area contributed by atoms with Crippen molar-refractivity contribution in [3.63, 3.8) is 0 Å². The maximum Gasteiger partial charge on any atom is 0.408 e. The average Bonchev–Trinajstić information content (AvgIpc) is 2.85. The second-order valence-electron chi connectivity index (χ2n) is 9.67. The molecule has 0 saturated heterocycles. The number of benzene rings is 1. The zero-order valence-electron chi connectivity index (χ0n) is 23.2. The number of carbonyl (C=O) groups excluding carboxylic acids is 5. The highest BCUT2D eigenvalue weighted by Crippen LogP contribution is 2.24. The summed E-state index contributed by atoms with van der Waals surface area (Å²) in [4.78, 5) is 63.9. The zero-order chi connectivity index (χ0) is 29.6. The van der Waals surface area contributed by atoms with E-state index >= 15 is 0 Å². The van der Waals surface area contributed by atoms with Gasteiger partial charge in [0.2, 0.25) is 17.7 Å². The molecule has 12 nitrogen and oxygen atoms in total. The Morgan fingerprint density at radius 2 is 1.72 bits per heavy atom. The first-order valence-corrected chi connectivity index (χ1v) is 12.8. The average molecular weight is 546 g/mol. The zero-order valence-corrected chi connectivity index (χ0v) is 23.2. The van der Waals surface area contributed by atoms with Crippen LogP contribution in [0.4, 0.5) is 4.79 Å². The summed E-state index contributed by atoms with van der Waals surface area (Å²) in [5, 5.41) is 14.6. The lowest BCUT2D eigenvalue weighted by Gasteiger charge is -2.33. The van der Waals surface area contributed by atoms with Crippen molar-refractivity contribution in [2.75, 3.05) is 19.7 Å². The van der Waals surface area contributed by atoms with Crippen molar-refractivity contribution in [3.8, 4) is 6.07 Å². The van der Waals surface area contributed by atoms with Crippen molar-refractivity contribution in [2.24, 2.45) is 5.73 Å². The Hall–Kier alpha value is -4.14. The van der Waals surface area contributed by atoms with Gasteiger partial charge in [-0.15, -0.1) is 0 Å². The number of primary amides is 1. The van der Waals surface area contributed by atoms with E-state index in [1.165, 1.54) is 0 Å². The Morgan fingerprint density at radius 1 is 1.08 bits per heavy atom. The third-order valence-electron chi connectivity index (χ3n) is 5.39. The van der Waals surface area contributed by atoms with Crippen LogP contribution in [0.15, 0.2) is 24.3 Å². The Morgan fingerprint density at radius 3 is 2.23 bits per heavy atom. The van der Waals surface area contributed by atoms with Crippen LogP contribution in [0, 0.1) is 11.3 Å². The minimum absolute atomic E-state index is 0.0585. The largest absolute Gasteiger partial charge is 0.466 e. The van der Waals surface area contributed by atoms with Crippen molar-refractivity contribution in [2.45, 2.75) is 78.0 Å². The van der Waals surface area contributed by atoms with Gasteiger partial charge in [0.05, 0.1) is 19.1 Å². The van der Waals surface area contributed by atoms with Crippen LogP contribution in [-0.2, 0) is 35.1 Å². The van der Waals surface area contributed by atoms with E-state index in [9.17, 15) is 29.2 Å². The molecule has 1 aromatic rings. The number of esters is 1. The molecule has 0 aliphatic carbocycles. The quantitative estimate of drug-likeness (QED) is 0.234. The van der Waals surface area contributed by atoms with Gasteiger partial charge in [-0.05, 0) is 51.7 Å². The van der Waals surface area contributed by atoms with E-state index in [0.717, 1.165) is 16.9 Å². The van der Waals surface area contributed by atoms with Crippen LogP contribution in [0.5, 0.6) is 0 Å². The molecule has 0 radical (unpaired) electrons. The number of carbonyl (C=O) groups is 5. The van der Waals surface area contributed by atoms with Crippen LogP contribution in [0.1, 0.15) is 71.0 Å². The molecule has 0 bridgehead atoms. The van der Waals surface area contributed by atoms with Gasteiger partial charge in [-0.25, -0.2) is 4.79 Å². The molecule has 0 heterocycles. The van der Waals surface area contributed by atoms with Gasteiger partial charge >= 0.3 is 12.1 Å². The van der Waals surface area contributed by atoms with Gasteiger partial charge in [0.15, 0.2) is 0 Å². The predicted octanol–water partition coefficient (Wildman–Crippen LogP) is 1.87. The molecule has 1 aromatic carbocycles. The van der Waals surface area contributed by atoms with Gasteiger partial charge in [-0.1, -0.05) is 31.2 Å². The van der Waals surface area contributed by atoms with Crippen LogP contribution in [-0.4, -0.2) is 66.0 Å². The monoisotopic (exact) mass is 545 g/mol. The summed E-state index contributed by atoms with van der Waals surface area (Å²) in [7, 11) is 0. The number of hydrogen-bond donors (Lipinski definition) is 3. The van der Waals surface area contributed by atoms with Crippen LogP contribution in [0.25, 0.3) is 0 Å². The second-order valence-corrected chi connectivity index (χ2v) is 9.67.